The molecule has 0 atom stereocenters. The van der Waals surface area contributed by atoms with Crippen molar-refractivity contribution in [2.24, 2.45) is 7.05 Å². The molecule has 0 unspecified atom stereocenters. The lowest BCUT2D eigenvalue weighted by Gasteiger charge is -2.22. The van der Waals surface area contributed by atoms with Gasteiger partial charge in [0.05, 0.1) is 22.9 Å². The van der Waals surface area contributed by atoms with Gasteiger partial charge in [0.2, 0.25) is 5.56 Å². The first kappa shape index (κ1) is 21.5. The van der Waals surface area contributed by atoms with Crippen molar-refractivity contribution >= 4 is 9.84 Å². The average molecular weight is 420 g/mol. The van der Waals surface area contributed by atoms with Gasteiger partial charge in [-0.3, -0.25) is 4.79 Å². The van der Waals surface area contributed by atoms with Crippen molar-refractivity contribution in [1.29, 1.82) is 0 Å². The van der Waals surface area contributed by atoms with E-state index < -0.39 is 9.84 Å². The first-order valence-corrected chi connectivity index (χ1v) is 12.1. The van der Waals surface area contributed by atoms with Crippen molar-refractivity contribution in [1.82, 2.24) is 14.5 Å². The van der Waals surface area contributed by atoms with E-state index in [1.807, 2.05) is 6.92 Å². The number of hydrogen-bond donors (Lipinski definition) is 0. The summed E-state index contributed by atoms with van der Waals surface area (Å²) < 4.78 is 32.4. The zero-order valence-electron chi connectivity index (χ0n) is 17.1. The Balaban J connectivity index is 1.94. The minimum Gasteiger partial charge on any atom is -0.460 e. The van der Waals surface area contributed by atoms with Crippen LogP contribution in [0.5, 0.6) is 6.01 Å². The molecule has 0 spiro atoms. The fraction of sp³-hybridized carbons (Fsp3) is 0.571. The Morgan fingerprint density at radius 1 is 1.17 bits per heavy atom. The normalized spacial score (nSPS) is 15.4. The van der Waals surface area contributed by atoms with Gasteiger partial charge in [0, 0.05) is 24.9 Å². The molecule has 0 saturated heterocycles. The minimum atomic E-state index is -3.26. The number of ether oxygens (including phenoxy) is 1. The maximum Gasteiger partial charge on any atom is 0.317 e. The van der Waals surface area contributed by atoms with Crippen LogP contribution in [0, 0.1) is 0 Å². The molecule has 0 amide bonds. The fourth-order valence-electron chi connectivity index (χ4n) is 3.49. The SMILES string of the molecule is CCCCS(=O)(=O)Cc1cc(-c2ccc(=O)n(C)c2)nc(OC2CCCCC2)n1. The smallest absolute Gasteiger partial charge is 0.317 e. The highest BCUT2D eigenvalue weighted by molar-refractivity contribution is 7.90. The van der Waals surface area contributed by atoms with Crippen LogP contribution in [0.4, 0.5) is 0 Å². The lowest BCUT2D eigenvalue weighted by Crippen LogP contribution is -2.21. The second-order valence-corrected chi connectivity index (χ2v) is 9.90. The number of pyridine rings is 1. The molecule has 0 aliphatic heterocycles. The highest BCUT2D eigenvalue weighted by Gasteiger charge is 2.19. The van der Waals surface area contributed by atoms with Gasteiger partial charge in [-0.15, -0.1) is 0 Å². The third-order valence-corrected chi connectivity index (χ3v) is 6.79. The molecule has 7 nitrogen and oxygen atoms in total. The Morgan fingerprint density at radius 3 is 2.62 bits per heavy atom. The van der Waals surface area contributed by atoms with Crippen molar-refractivity contribution in [2.75, 3.05) is 5.75 Å². The van der Waals surface area contributed by atoms with Gasteiger partial charge in [-0.2, -0.15) is 9.97 Å². The average Bonchev–Trinajstić information content (AvgIpc) is 2.69. The molecule has 0 radical (unpaired) electrons. The predicted molar refractivity (Wildman–Crippen MR) is 113 cm³/mol. The highest BCUT2D eigenvalue weighted by atomic mass is 32.2. The van der Waals surface area contributed by atoms with Crippen molar-refractivity contribution in [3.63, 3.8) is 0 Å². The molecule has 29 heavy (non-hydrogen) atoms. The number of hydrogen-bond acceptors (Lipinski definition) is 6. The summed E-state index contributed by atoms with van der Waals surface area (Å²) in [6.07, 6.45) is 8.55. The Labute approximate surface area is 172 Å². The number of sulfone groups is 1. The molecular formula is C21H29N3O4S. The summed E-state index contributed by atoms with van der Waals surface area (Å²) in [6, 6.07) is 5.04. The Kier molecular flexibility index (Phi) is 7.05. The van der Waals surface area contributed by atoms with Crippen molar-refractivity contribution < 1.29 is 13.2 Å². The van der Waals surface area contributed by atoms with Gasteiger partial charge in [-0.05, 0) is 44.2 Å². The van der Waals surface area contributed by atoms with E-state index in [2.05, 4.69) is 9.97 Å². The number of rotatable bonds is 8. The van der Waals surface area contributed by atoms with Gasteiger partial charge in [0.15, 0.2) is 9.84 Å². The topological polar surface area (TPSA) is 91.2 Å². The Morgan fingerprint density at radius 2 is 1.93 bits per heavy atom. The van der Waals surface area contributed by atoms with Gasteiger partial charge in [0.25, 0.3) is 0 Å². The summed E-state index contributed by atoms with van der Waals surface area (Å²) in [5.41, 5.74) is 1.58. The van der Waals surface area contributed by atoms with Crippen LogP contribution in [0.3, 0.4) is 0 Å². The molecule has 1 aliphatic rings. The molecule has 0 bridgehead atoms. The van der Waals surface area contributed by atoms with E-state index in [4.69, 9.17) is 4.74 Å². The van der Waals surface area contributed by atoms with Gasteiger partial charge in [0.1, 0.15) is 6.10 Å². The zero-order valence-corrected chi connectivity index (χ0v) is 18.0. The third-order valence-electron chi connectivity index (χ3n) is 5.14. The number of nitrogens with zero attached hydrogens (tertiary/aromatic N) is 3. The van der Waals surface area contributed by atoms with Crippen LogP contribution in [0.25, 0.3) is 11.3 Å². The molecule has 2 aromatic rings. The van der Waals surface area contributed by atoms with Crippen LogP contribution in [-0.4, -0.2) is 34.8 Å². The predicted octanol–water partition coefficient (Wildman–Crippen LogP) is 3.27. The standard InChI is InChI=1S/C21H29N3O4S/c1-3-4-12-29(26,27)15-17-13-19(16-10-11-20(25)24(2)14-16)23-21(22-17)28-18-8-6-5-7-9-18/h10-11,13-14,18H,3-9,12,15H2,1-2H3. The summed E-state index contributed by atoms with van der Waals surface area (Å²) in [4.78, 5) is 20.6. The molecule has 2 aromatic heterocycles. The first-order chi connectivity index (χ1) is 13.9. The van der Waals surface area contributed by atoms with Gasteiger partial charge >= 0.3 is 6.01 Å². The second-order valence-electron chi connectivity index (χ2n) is 7.72. The largest absolute Gasteiger partial charge is 0.460 e. The van der Waals surface area contributed by atoms with Gasteiger partial charge in [-0.1, -0.05) is 19.8 Å². The van der Waals surface area contributed by atoms with Crippen molar-refractivity contribution in [2.45, 2.75) is 63.7 Å². The first-order valence-electron chi connectivity index (χ1n) is 10.3. The molecule has 2 heterocycles. The third kappa shape index (κ3) is 6.13. The Bertz CT molecular complexity index is 995. The van der Waals surface area contributed by atoms with Crippen LogP contribution in [-0.2, 0) is 22.6 Å². The minimum absolute atomic E-state index is 0.0590. The van der Waals surface area contributed by atoms with E-state index >= 15 is 0 Å². The lowest BCUT2D eigenvalue weighted by molar-refractivity contribution is 0.141. The van der Waals surface area contributed by atoms with E-state index in [-0.39, 0.29) is 29.2 Å². The molecule has 1 fully saturated rings. The van der Waals surface area contributed by atoms with E-state index in [1.165, 1.54) is 17.1 Å². The molecule has 1 aliphatic carbocycles. The summed E-state index contributed by atoms with van der Waals surface area (Å²) in [5, 5.41) is 0. The van der Waals surface area contributed by atoms with E-state index in [0.717, 1.165) is 37.7 Å². The fourth-order valence-corrected chi connectivity index (χ4v) is 4.96. The second kappa shape index (κ2) is 9.52. The van der Waals surface area contributed by atoms with Gasteiger partial charge < -0.3 is 9.30 Å². The van der Waals surface area contributed by atoms with Crippen molar-refractivity contribution in [3.8, 4) is 17.3 Å². The summed E-state index contributed by atoms with van der Waals surface area (Å²) in [5.74, 6) is -0.00317. The van der Waals surface area contributed by atoms with Crippen LogP contribution in [0.1, 0.15) is 57.6 Å². The van der Waals surface area contributed by atoms with E-state index in [1.54, 1.807) is 25.4 Å². The quantitative estimate of drug-likeness (QED) is 0.652. The van der Waals surface area contributed by atoms with E-state index in [9.17, 15) is 13.2 Å². The van der Waals surface area contributed by atoms with E-state index in [0.29, 0.717) is 17.8 Å². The molecule has 0 aromatic carbocycles. The Hall–Kier alpha value is -2.22. The van der Waals surface area contributed by atoms with Gasteiger partial charge in [-0.25, -0.2) is 8.42 Å². The van der Waals surface area contributed by atoms with Crippen LogP contribution in [0.15, 0.2) is 29.2 Å². The summed E-state index contributed by atoms with van der Waals surface area (Å²) in [7, 11) is -1.59. The summed E-state index contributed by atoms with van der Waals surface area (Å²) in [6.45, 7) is 1.97. The van der Waals surface area contributed by atoms with Crippen LogP contribution >= 0.6 is 0 Å². The monoisotopic (exact) mass is 419 g/mol. The maximum absolute atomic E-state index is 12.5. The molecule has 3 rings (SSSR count). The molecule has 158 valence electrons. The maximum atomic E-state index is 12.5. The molecule has 8 heteroatoms. The summed E-state index contributed by atoms with van der Waals surface area (Å²) >= 11 is 0. The van der Waals surface area contributed by atoms with Crippen molar-refractivity contribution in [3.05, 3.63) is 40.4 Å². The molecule has 0 N–H and O–H groups in total. The number of aromatic nitrogens is 3. The highest BCUT2D eigenvalue weighted by Crippen LogP contribution is 2.25. The van der Waals surface area contributed by atoms with Crippen LogP contribution in [0.2, 0.25) is 0 Å². The zero-order chi connectivity index (χ0) is 20.9. The molecule has 1 saturated carbocycles. The number of aryl methyl sites for hydroxylation is 1. The molecular weight excluding hydrogens is 390 g/mol. The van der Waals surface area contributed by atoms with Crippen LogP contribution < -0.4 is 10.3 Å². The number of unbranched alkanes of at least 4 members (excludes halogenated alkanes) is 1. The lowest BCUT2D eigenvalue weighted by atomic mass is 9.98.